The van der Waals surface area contributed by atoms with Gasteiger partial charge in [-0.25, -0.2) is 0 Å². The molecule has 0 aliphatic carbocycles. The quantitative estimate of drug-likeness (QED) is 0.339. The van der Waals surface area contributed by atoms with Gasteiger partial charge >= 0.3 is 0 Å². The Kier molecular flexibility index (Phi) is 9.43. The van der Waals surface area contributed by atoms with Crippen LogP contribution in [0, 0.1) is 13.8 Å². The van der Waals surface area contributed by atoms with Crippen molar-refractivity contribution in [1.29, 1.82) is 0 Å². The molecule has 0 bridgehead atoms. The molecule has 0 heterocycles. The summed E-state index contributed by atoms with van der Waals surface area (Å²) >= 11 is 3.42. The maximum atomic E-state index is 12.4. The number of halogens is 1. The molecule has 182 valence electrons. The molecule has 0 aromatic heterocycles. The second-order valence-corrected chi connectivity index (χ2v) is 8.93. The van der Waals surface area contributed by atoms with Gasteiger partial charge in [-0.2, -0.15) is 0 Å². The van der Waals surface area contributed by atoms with Crippen molar-refractivity contribution >= 4 is 39.3 Å². The molecule has 0 aliphatic rings. The number of nitrogens with one attached hydrogen (secondary N) is 3. The van der Waals surface area contributed by atoms with Crippen LogP contribution < -0.4 is 20.9 Å². The van der Waals surface area contributed by atoms with Crippen LogP contribution in [-0.2, 0) is 16.0 Å². The molecule has 7 nitrogen and oxygen atoms in total. The van der Waals surface area contributed by atoms with Crippen molar-refractivity contribution in [2.75, 3.05) is 11.9 Å². The van der Waals surface area contributed by atoms with Gasteiger partial charge < -0.3 is 10.1 Å². The lowest BCUT2D eigenvalue weighted by atomic mass is 10.1. The molecule has 3 aromatic rings. The minimum atomic E-state index is -0.477. The van der Waals surface area contributed by atoms with E-state index in [1.807, 2.05) is 62.4 Å². The first-order valence-corrected chi connectivity index (χ1v) is 12.0. The zero-order valence-corrected chi connectivity index (χ0v) is 21.3. The van der Waals surface area contributed by atoms with Gasteiger partial charge in [0.05, 0.1) is 11.1 Å². The molecule has 0 saturated carbocycles. The summed E-state index contributed by atoms with van der Waals surface area (Å²) in [5.74, 6) is -0.596. The third-order valence-electron chi connectivity index (χ3n) is 5.37. The van der Waals surface area contributed by atoms with E-state index in [-0.39, 0.29) is 18.7 Å². The average molecular weight is 538 g/mol. The fourth-order valence-corrected chi connectivity index (χ4v) is 3.71. The Balaban J connectivity index is 1.40. The van der Waals surface area contributed by atoms with Gasteiger partial charge in [-0.1, -0.05) is 36.4 Å². The number of carbonyl (C=O) groups is 3. The van der Waals surface area contributed by atoms with Crippen molar-refractivity contribution in [2.24, 2.45) is 0 Å². The van der Waals surface area contributed by atoms with Crippen molar-refractivity contribution in [3.05, 3.63) is 93.5 Å². The third kappa shape index (κ3) is 8.26. The van der Waals surface area contributed by atoms with Crippen LogP contribution in [0.4, 0.5) is 5.69 Å². The molecule has 0 radical (unpaired) electrons. The van der Waals surface area contributed by atoms with Gasteiger partial charge in [0.2, 0.25) is 11.8 Å². The summed E-state index contributed by atoms with van der Waals surface area (Å²) in [7, 11) is 0. The van der Waals surface area contributed by atoms with Gasteiger partial charge in [-0.15, -0.1) is 0 Å². The fraction of sp³-hybridized carbons (Fsp3) is 0.222. The maximum absolute atomic E-state index is 12.4. The summed E-state index contributed by atoms with van der Waals surface area (Å²) < 4.78 is 6.43. The van der Waals surface area contributed by atoms with E-state index in [0.717, 1.165) is 17.5 Å². The lowest BCUT2D eigenvalue weighted by molar-refractivity contribution is -0.124. The van der Waals surface area contributed by atoms with E-state index in [9.17, 15) is 14.4 Å². The number of ether oxygens (including phenoxy) is 1. The van der Waals surface area contributed by atoms with Crippen LogP contribution in [0.25, 0.3) is 0 Å². The molecule has 3 amide bonds. The van der Waals surface area contributed by atoms with E-state index < -0.39 is 11.8 Å². The van der Waals surface area contributed by atoms with E-state index in [1.165, 1.54) is 5.56 Å². The van der Waals surface area contributed by atoms with Crippen LogP contribution in [0.15, 0.2) is 71.2 Å². The largest absolute Gasteiger partial charge is 0.492 e. The van der Waals surface area contributed by atoms with Crippen LogP contribution in [0.5, 0.6) is 5.75 Å². The summed E-state index contributed by atoms with van der Waals surface area (Å²) in [6, 6.07) is 20.6. The molecule has 8 heteroatoms. The topological polar surface area (TPSA) is 96.5 Å². The first kappa shape index (κ1) is 26.0. The highest BCUT2D eigenvalue weighted by molar-refractivity contribution is 9.10. The highest BCUT2D eigenvalue weighted by atomic mass is 79.9. The van der Waals surface area contributed by atoms with Gasteiger partial charge in [-0.3, -0.25) is 25.2 Å². The number of amides is 3. The number of hydrogen-bond acceptors (Lipinski definition) is 4. The molecule has 0 atom stereocenters. The molecule has 0 unspecified atom stereocenters. The van der Waals surface area contributed by atoms with Crippen LogP contribution in [-0.4, -0.2) is 24.3 Å². The summed E-state index contributed by atoms with van der Waals surface area (Å²) in [6.07, 6.45) is 0.703. The van der Waals surface area contributed by atoms with Crippen LogP contribution in [0.1, 0.15) is 39.9 Å². The second kappa shape index (κ2) is 12.7. The van der Waals surface area contributed by atoms with Gasteiger partial charge in [0.25, 0.3) is 5.91 Å². The van der Waals surface area contributed by atoms with Crippen molar-refractivity contribution in [1.82, 2.24) is 10.9 Å². The lowest BCUT2D eigenvalue weighted by Gasteiger charge is -2.11. The van der Waals surface area contributed by atoms with E-state index in [1.54, 1.807) is 18.2 Å². The van der Waals surface area contributed by atoms with E-state index in [4.69, 9.17) is 4.74 Å². The fourth-order valence-electron chi connectivity index (χ4n) is 3.21. The van der Waals surface area contributed by atoms with Gasteiger partial charge in [0.15, 0.2) is 0 Å². The van der Waals surface area contributed by atoms with Gasteiger partial charge in [0, 0.05) is 30.5 Å². The van der Waals surface area contributed by atoms with Crippen molar-refractivity contribution in [3.8, 4) is 5.75 Å². The SMILES string of the molecule is Cc1ccc(NC(=O)CCC(=O)NNC(=O)c2ccc(OCCc3ccccc3)c(Br)c2)cc1C. The number of rotatable bonds is 9. The molecular formula is C27H28BrN3O4. The minimum Gasteiger partial charge on any atom is -0.492 e. The van der Waals surface area contributed by atoms with Gasteiger partial charge in [-0.05, 0) is 76.8 Å². The number of benzene rings is 3. The Hall–Kier alpha value is -3.65. The Labute approximate surface area is 213 Å². The van der Waals surface area contributed by atoms with Crippen LogP contribution >= 0.6 is 15.9 Å². The zero-order chi connectivity index (χ0) is 25.2. The predicted molar refractivity (Wildman–Crippen MR) is 139 cm³/mol. The first-order chi connectivity index (χ1) is 16.8. The summed E-state index contributed by atoms with van der Waals surface area (Å²) in [4.78, 5) is 36.5. The molecule has 3 aromatic carbocycles. The molecule has 0 fully saturated rings. The average Bonchev–Trinajstić information content (AvgIpc) is 2.85. The van der Waals surface area contributed by atoms with Crippen LogP contribution in [0.2, 0.25) is 0 Å². The Morgan fingerprint density at radius 1 is 0.829 bits per heavy atom. The van der Waals surface area contributed by atoms with Crippen molar-refractivity contribution in [3.63, 3.8) is 0 Å². The summed E-state index contributed by atoms with van der Waals surface area (Å²) in [6.45, 7) is 4.46. The Morgan fingerprint density at radius 2 is 1.57 bits per heavy atom. The number of hydrogen-bond donors (Lipinski definition) is 3. The zero-order valence-electron chi connectivity index (χ0n) is 19.7. The number of aryl methyl sites for hydroxylation is 2. The summed E-state index contributed by atoms with van der Waals surface area (Å²) in [5.41, 5.74) is 9.12. The third-order valence-corrected chi connectivity index (χ3v) is 5.99. The van der Waals surface area contributed by atoms with E-state index >= 15 is 0 Å². The molecule has 0 saturated heterocycles. The predicted octanol–water partition coefficient (Wildman–Crippen LogP) is 4.87. The monoisotopic (exact) mass is 537 g/mol. The molecule has 0 spiro atoms. The molecule has 3 rings (SSSR count). The second-order valence-electron chi connectivity index (χ2n) is 8.08. The van der Waals surface area contributed by atoms with Gasteiger partial charge in [0.1, 0.15) is 5.75 Å². The highest BCUT2D eigenvalue weighted by Gasteiger charge is 2.12. The molecule has 35 heavy (non-hydrogen) atoms. The summed E-state index contributed by atoms with van der Waals surface area (Å²) in [5, 5.41) is 2.77. The first-order valence-electron chi connectivity index (χ1n) is 11.2. The number of hydrazine groups is 1. The van der Waals surface area contributed by atoms with Crippen molar-refractivity contribution < 1.29 is 19.1 Å². The standard InChI is InChI=1S/C27H28BrN3O4/c1-18-8-10-22(16-19(18)2)29-25(32)12-13-26(33)30-31-27(34)21-9-11-24(23(28)17-21)35-15-14-20-6-4-3-5-7-20/h3-11,16-17H,12-15H2,1-2H3,(H,29,32)(H,30,33)(H,31,34). The highest BCUT2D eigenvalue weighted by Crippen LogP contribution is 2.26. The number of carbonyl (C=O) groups excluding carboxylic acids is 3. The molecule has 3 N–H and O–H groups in total. The molecule has 0 aliphatic heterocycles. The normalized spacial score (nSPS) is 10.4. The lowest BCUT2D eigenvalue weighted by Crippen LogP contribution is -2.41. The van der Waals surface area contributed by atoms with Crippen molar-refractivity contribution in [2.45, 2.75) is 33.1 Å². The number of anilines is 1. The van der Waals surface area contributed by atoms with E-state index in [2.05, 4.69) is 32.1 Å². The molecular weight excluding hydrogens is 510 g/mol. The smallest absolute Gasteiger partial charge is 0.269 e. The minimum absolute atomic E-state index is 0.00477. The Morgan fingerprint density at radius 3 is 2.29 bits per heavy atom. The Bertz CT molecular complexity index is 1200. The van der Waals surface area contributed by atoms with E-state index in [0.29, 0.717) is 28.1 Å². The maximum Gasteiger partial charge on any atom is 0.269 e. The van der Waals surface area contributed by atoms with Crippen LogP contribution in [0.3, 0.4) is 0 Å².